The Morgan fingerprint density at radius 3 is 2.62 bits per heavy atom. The number of pyridine rings is 1. The first-order valence-electron chi connectivity index (χ1n) is 7.60. The number of aliphatic hydroxyl groups excluding tert-OH is 1. The van der Waals surface area contributed by atoms with Crippen molar-refractivity contribution in [1.29, 1.82) is 0 Å². The number of benzene rings is 2. The smallest absolute Gasteiger partial charge is 0.251 e. The molecule has 0 aliphatic rings. The van der Waals surface area contributed by atoms with Crippen LogP contribution in [0.1, 0.15) is 24.2 Å². The molecule has 0 fully saturated rings. The molecule has 3 N–H and O–H groups in total. The number of rotatable bonds is 3. The largest absolute Gasteiger partial charge is 0.394 e. The third-order valence-electron chi connectivity index (χ3n) is 3.97. The number of hydrogen-bond donors (Lipinski definition) is 3. The van der Waals surface area contributed by atoms with E-state index in [1.807, 2.05) is 6.07 Å². The van der Waals surface area contributed by atoms with Gasteiger partial charge in [-0.05, 0) is 32.0 Å². The first kappa shape index (κ1) is 16.3. The highest BCUT2D eigenvalue weighted by Crippen LogP contribution is 2.15. The number of para-hydroxylation sites is 1. The normalized spacial score (nSPS) is 11.8. The lowest BCUT2D eigenvalue weighted by atomic mass is 9.87. The van der Waals surface area contributed by atoms with Crippen molar-refractivity contribution in [1.82, 2.24) is 10.3 Å². The second-order valence-corrected chi connectivity index (χ2v) is 6.48. The molecule has 120 valence electrons. The van der Waals surface area contributed by atoms with E-state index in [0.29, 0.717) is 21.8 Å². The van der Waals surface area contributed by atoms with Crippen LogP contribution in [-0.2, 0) is 0 Å². The van der Waals surface area contributed by atoms with Crippen LogP contribution in [-0.4, -0.2) is 36.0 Å². The Balaban J connectivity index is 2.18. The van der Waals surface area contributed by atoms with Gasteiger partial charge in [-0.15, -0.1) is 0 Å². The van der Waals surface area contributed by atoms with Gasteiger partial charge in [0, 0.05) is 21.9 Å². The summed E-state index contributed by atoms with van der Waals surface area (Å²) in [4.78, 5) is 28.2. The van der Waals surface area contributed by atoms with E-state index in [1.165, 1.54) is 6.07 Å². The number of aromatic amines is 1. The van der Waals surface area contributed by atoms with Crippen LogP contribution < -0.4 is 16.2 Å². The monoisotopic (exact) mass is 320 g/mol. The zero-order valence-electron chi connectivity index (χ0n) is 13.5. The fourth-order valence-corrected chi connectivity index (χ4v) is 2.60. The summed E-state index contributed by atoms with van der Waals surface area (Å²) in [6.07, 6.45) is 0. The van der Waals surface area contributed by atoms with Crippen LogP contribution in [0.5, 0.6) is 0 Å². The van der Waals surface area contributed by atoms with Gasteiger partial charge >= 0.3 is 0 Å². The number of aliphatic hydroxyl groups is 1. The van der Waals surface area contributed by atoms with Gasteiger partial charge in [0.1, 0.15) is 7.85 Å². The predicted molar refractivity (Wildman–Crippen MR) is 96.1 cm³/mol. The Hall–Kier alpha value is -2.60. The molecule has 0 saturated heterocycles. The van der Waals surface area contributed by atoms with E-state index in [4.69, 9.17) is 7.85 Å². The standard InChI is InChI=1S/C18H17BN2O3/c1-18(2,9-22)21-17(24)11-8-15-12(7-13(11)19)16(23)10-5-3-4-6-14(10)20-15/h3-8,22H,9H2,1-2H3,(H,20,23)(H,21,24). The highest BCUT2D eigenvalue weighted by molar-refractivity contribution is 6.37. The molecule has 2 aromatic carbocycles. The van der Waals surface area contributed by atoms with Crippen molar-refractivity contribution >= 4 is 41.0 Å². The molecular formula is C18H17BN2O3. The van der Waals surface area contributed by atoms with Gasteiger partial charge in [0.05, 0.1) is 17.7 Å². The zero-order chi connectivity index (χ0) is 17.5. The summed E-state index contributed by atoms with van der Waals surface area (Å²) in [7, 11) is 5.98. The van der Waals surface area contributed by atoms with E-state index in [1.54, 1.807) is 38.1 Å². The van der Waals surface area contributed by atoms with Crippen LogP contribution in [0, 0.1) is 0 Å². The number of carbonyl (C=O) groups is 1. The third kappa shape index (κ3) is 2.81. The van der Waals surface area contributed by atoms with Gasteiger partial charge < -0.3 is 15.4 Å². The van der Waals surface area contributed by atoms with Gasteiger partial charge in [-0.3, -0.25) is 9.59 Å². The minimum Gasteiger partial charge on any atom is -0.394 e. The topological polar surface area (TPSA) is 82.2 Å². The number of hydrogen-bond acceptors (Lipinski definition) is 3. The number of H-pyrrole nitrogens is 1. The fraction of sp³-hybridized carbons (Fsp3) is 0.222. The van der Waals surface area contributed by atoms with Gasteiger partial charge in [0.25, 0.3) is 5.91 Å². The molecule has 5 nitrogen and oxygen atoms in total. The molecule has 0 saturated carbocycles. The predicted octanol–water partition coefficient (Wildman–Crippen LogP) is 0.976. The average molecular weight is 320 g/mol. The van der Waals surface area contributed by atoms with Crippen molar-refractivity contribution in [2.45, 2.75) is 19.4 Å². The molecule has 0 atom stereocenters. The van der Waals surface area contributed by atoms with Crippen molar-refractivity contribution in [2.75, 3.05) is 6.61 Å². The maximum atomic E-state index is 12.6. The molecule has 2 radical (unpaired) electrons. The van der Waals surface area contributed by atoms with E-state index >= 15 is 0 Å². The van der Waals surface area contributed by atoms with Gasteiger partial charge in [0.2, 0.25) is 0 Å². The van der Waals surface area contributed by atoms with Crippen LogP contribution in [0.15, 0.2) is 41.2 Å². The number of aromatic nitrogens is 1. The highest BCUT2D eigenvalue weighted by atomic mass is 16.3. The van der Waals surface area contributed by atoms with E-state index < -0.39 is 11.4 Å². The maximum absolute atomic E-state index is 12.6. The van der Waals surface area contributed by atoms with Crippen molar-refractivity contribution in [3.05, 3.63) is 52.2 Å². The molecule has 3 rings (SSSR count). The minimum absolute atomic E-state index is 0.131. The molecule has 3 aromatic rings. The van der Waals surface area contributed by atoms with Crippen molar-refractivity contribution in [2.24, 2.45) is 0 Å². The first-order valence-corrected chi connectivity index (χ1v) is 7.60. The Morgan fingerprint density at radius 2 is 1.92 bits per heavy atom. The SMILES string of the molecule is [B]c1cc2c(=O)c3ccccc3[nH]c2cc1C(=O)NC(C)(C)CO. The van der Waals surface area contributed by atoms with Gasteiger partial charge in [-0.2, -0.15) is 0 Å². The Labute approximate surface area is 140 Å². The van der Waals surface area contributed by atoms with Crippen molar-refractivity contribution < 1.29 is 9.90 Å². The molecule has 0 spiro atoms. The molecule has 0 unspecified atom stereocenters. The molecule has 6 heteroatoms. The van der Waals surface area contributed by atoms with Gasteiger partial charge in [-0.25, -0.2) is 0 Å². The van der Waals surface area contributed by atoms with Crippen LogP contribution in [0.4, 0.5) is 0 Å². The van der Waals surface area contributed by atoms with Crippen LogP contribution >= 0.6 is 0 Å². The third-order valence-corrected chi connectivity index (χ3v) is 3.97. The van der Waals surface area contributed by atoms with Crippen LogP contribution in [0.25, 0.3) is 21.8 Å². The van der Waals surface area contributed by atoms with Crippen molar-refractivity contribution in [3.8, 4) is 0 Å². The summed E-state index contributed by atoms with van der Waals surface area (Å²) in [5, 5.41) is 13.0. The summed E-state index contributed by atoms with van der Waals surface area (Å²) in [5.74, 6) is -0.401. The lowest BCUT2D eigenvalue weighted by Gasteiger charge is -2.24. The van der Waals surface area contributed by atoms with E-state index in [-0.39, 0.29) is 23.1 Å². The Bertz CT molecular complexity index is 1010. The van der Waals surface area contributed by atoms with Gasteiger partial charge in [0.15, 0.2) is 5.43 Å². The number of nitrogens with one attached hydrogen (secondary N) is 2. The molecular weight excluding hydrogens is 303 g/mol. The van der Waals surface area contributed by atoms with E-state index in [0.717, 1.165) is 0 Å². The molecule has 1 heterocycles. The molecule has 1 aromatic heterocycles. The van der Waals surface area contributed by atoms with Crippen molar-refractivity contribution in [3.63, 3.8) is 0 Å². The van der Waals surface area contributed by atoms with E-state index in [2.05, 4.69) is 10.3 Å². The number of carbonyl (C=O) groups excluding carboxylic acids is 1. The minimum atomic E-state index is -0.769. The Kier molecular flexibility index (Phi) is 3.93. The fourth-order valence-electron chi connectivity index (χ4n) is 2.60. The summed E-state index contributed by atoms with van der Waals surface area (Å²) in [6, 6.07) is 10.3. The molecule has 0 aliphatic heterocycles. The number of amides is 1. The second kappa shape index (κ2) is 5.80. The quantitative estimate of drug-likeness (QED) is 0.497. The summed E-state index contributed by atoms with van der Waals surface area (Å²) < 4.78 is 0. The van der Waals surface area contributed by atoms with Crippen LogP contribution in [0.2, 0.25) is 0 Å². The molecule has 24 heavy (non-hydrogen) atoms. The summed E-state index contributed by atoms with van der Waals surface area (Å²) in [5.41, 5.74) is 0.815. The van der Waals surface area contributed by atoms with Crippen LogP contribution in [0.3, 0.4) is 0 Å². The molecule has 0 aliphatic carbocycles. The zero-order valence-corrected chi connectivity index (χ0v) is 13.5. The maximum Gasteiger partial charge on any atom is 0.251 e. The molecule has 1 amide bonds. The van der Waals surface area contributed by atoms with Gasteiger partial charge in [-0.1, -0.05) is 23.7 Å². The summed E-state index contributed by atoms with van der Waals surface area (Å²) in [6.45, 7) is 3.21. The first-order chi connectivity index (χ1) is 11.3. The summed E-state index contributed by atoms with van der Waals surface area (Å²) >= 11 is 0. The Morgan fingerprint density at radius 1 is 1.21 bits per heavy atom. The number of fused-ring (bicyclic) bond motifs is 2. The van der Waals surface area contributed by atoms with E-state index in [9.17, 15) is 14.7 Å². The second-order valence-electron chi connectivity index (χ2n) is 6.48. The highest BCUT2D eigenvalue weighted by Gasteiger charge is 2.21. The lowest BCUT2D eigenvalue weighted by Crippen LogP contribution is -2.47. The molecule has 0 bridgehead atoms. The average Bonchev–Trinajstić information content (AvgIpc) is 2.55. The lowest BCUT2D eigenvalue weighted by molar-refractivity contribution is 0.0870.